The first-order valence-electron chi connectivity index (χ1n) is 5.84. The molecule has 0 saturated carbocycles. The van der Waals surface area contributed by atoms with Gasteiger partial charge in [-0.15, -0.1) is 12.4 Å². The van der Waals surface area contributed by atoms with Crippen molar-refractivity contribution in [3.8, 4) is 0 Å². The smallest absolute Gasteiger partial charge is 0.253 e. The van der Waals surface area contributed by atoms with Gasteiger partial charge in [-0.25, -0.2) is 0 Å². The second-order valence-corrected chi connectivity index (χ2v) is 4.48. The Balaban J connectivity index is 0.00000162. The first-order chi connectivity index (χ1) is 8.20. The molecule has 1 aliphatic rings. The van der Waals surface area contributed by atoms with E-state index in [1.54, 1.807) is 31.4 Å². The lowest BCUT2D eigenvalue weighted by molar-refractivity contribution is 0.0775. The Labute approximate surface area is 114 Å². The molecule has 1 amide bonds. The summed E-state index contributed by atoms with van der Waals surface area (Å²) in [5, 5.41) is 0. The number of nitrogen functional groups attached to an aromatic ring is 1. The standard InChI is InChI=1S/C13H18N2O2.ClH/c1-17-9-10-6-7-15(8-10)13(16)11-2-4-12(14)5-3-11;/h2-5,10H,6-9,14H2,1H3;1H. The van der Waals surface area contributed by atoms with Crippen LogP contribution in [0.1, 0.15) is 16.8 Å². The van der Waals surface area contributed by atoms with Crippen LogP contribution in [0.2, 0.25) is 0 Å². The predicted octanol–water partition coefficient (Wildman–Crippen LogP) is 1.80. The zero-order valence-corrected chi connectivity index (χ0v) is 11.3. The van der Waals surface area contributed by atoms with Crippen molar-refractivity contribution in [1.29, 1.82) is 0 Å². The maximum Gasteiger partial charge on any atom is 0.253 e. The summed E-state index contributed by atoms with van der Waals surface area (Å²) in [5.74, 6) is 0.557. The highest BCUT2D eigenvalue weighted by Gasteiger charge is 2.26. The van der Waals surface area contributed by atoms with Gasteiger partial charge in [-0.1, -0.05) is 0 Å². The molecular formula is C13H19ClN2O2. The number of methoxy groups -OCH3 is 1. The molecule has 0 radical (unpaired) electrons. The molecule has 1 unspecified atom stereocenters. The summed E-state index contributed by atoms with van der Waals surface area (Å²) in [5.41, 5.74) is 6.99. The zero-order chi connectivity index (χ0) is 12.3. The van der Waals surface area contributed by atoms with Gasteiger partial charge in [0.25, 0.3) is 5.91 Å². The quantitative estimate of drug-likeness (QED) is 0.852. The molecule has 2 rings (SSSR count). The van der Waals surface area contributed by atoms with Gasteiger partial charge in [0, 0.05) is 37.4 Å². The van der Waals surface area contributed by atoms with E-state index in [9.17, 15) is 4.79 Å². The molecular weight excluding hydrogens is 252 g/mol. The third-order valence-electron chi connectivity index (χ3n) is 3.13. The van der Waals surface area contributed by atoms with E-state index in [0.717, 1.165) is 26.1 Å². The molecule has 1 aromatic carbocycles. The average Bonchev–Trinajstić information content (AvgIpc) is 2.78. The van der Waals surface area contributed by atoms with Gasteiger partial charge in [0.05, 0.1) is 6.61 Å². The fourth-order valence-electron chi connectivity index (χ4n) is 2.20. The summed E-state index contributed by atoms with van der Waals surface area (Å²) >= 11 is 0. The Morgan fingerprint density at radius 2 is 2.11 bits per heavy atom. The van der Waals surface area contributed by atoms with E-state index in [4.69, 9.17) is 10.5 Å². The van der Waals surface area contributed by atoms with Crippen molar-refractivity contribution >= 4 is 24.0 Å². The third-order valence-corrected chi connectivity index (χ3v) is 3.13. The van der Waals surface area contributed by atoms with Gasteiger partial charge in [-0.3, -0.25) is 4.79 Å². The lowest BCUT2D eigenvalue weighted by atomic mass is 10.1. The number of hydrogen-bond donors (Lipinski definition) is 1. The maximum absolute atomic E-state index is 12.2. The highest BCUT2D eigenvalue weighted by molar-refractivity contribution is 5.94. The molecule has 1 heterocycles. The van der Waals surface area contributed by atoms with Crippen molar-refractivity contribution in [2.24, 2.45) is 5.92 Å². The number of carbonyl (C=O) groups is 1. The Morgan fingerprint density at radius 3 is 2.72 bits per heavy atom. The van der Waals surface area contributed by atoms with E-state index in [-0.39, 0.29) is 18.3 Å². The number of nitrogens with zero attached hydrogens (tertiary/aromatic N) is 1. The van der Waals surface area contributed by atoms with Crippen LogP contribution in [0.15, 0.2) is 24.3 Å². The molecule has 1 aliphatic heterocycles. The third kappa shape index (κ3) is 3.37. The number of hydrogen-bond acceptors (Lipinski definition) is 3. The molecule has 4 nitrogen and oxygen atoms in total. The van der Waals surface area contributed by atoms with Crippen molar-refractivity contribution < 1.29 is 9.53 Å². The lowest BCUT2D eigenvalue weighted by Gasteiger charge is -2.16. The highest BCUT2D eigenvalue weighted by atomic mass is 35.5. The Morgan fingerprint density at radius 1 is 1.44 bits per heavy atom. The van der Waals surface area contributed by atoms with Crippen molar-refractivity contribution in [3.63, 3.8) is 0 Å². The Kier molecular flexibility index (Phi) is 5.44. The molecule has 2 N–H and O–H groups in total. The van der Waals surface area contributed by atoms with E-state index in [2.05, 4.69) is 0 Å². The van der Waals surface area contributed by atoms with Gasteiger partial charge in [0.1, 0.15) is 0 Å². The molecule has 18 heavy (non-hydrogen) atoms. The summed E-state index contributed by atoms with van der Waals surface area (Å²) < 4.78 is 5.12. The van der Waals surface area contributed by atoms with Crippen molar-refractivity contribution in [1.82, 2.24) is 4.90 Å². The highest BCUT2D eigenvalue weighted by Crippen LogP contribution is 2.19. The molecule has 100 valence electrons. The van der Waals surface area contributed by atoms with Gasteiger partial charge >= 0.3 is 0 Å². The van der Waals surface area contributed by atoms with E-state index >= 15 is 0 Å². The Bertz CT molecular complexity index is 394. The Hall–Kier alpha value is -1.26. The minimum Gasteiger partial charge on any atom is -0.399 e. The largest absolute Gasteiger partial charge is 0.399 e. The molecule has 0 bridgehead atoms. The number of benzene rings is 1. The fourth-order valence-corrected chi connectivity index (χ4v) is 2.20. The van der Waals surface area contributed by atoms with Crippen LogP contribution < -0.4 is 5.73 Å². The lowest BCUT2D eigenvalue weighted by Crippen LogP contribution is -2.29. The van der Waals surface area contributed by atoms with E-state index in [1.807, 2.05) is 4.90 Å². The fraction of sp³-hybridized carbons (Fsp3) is 0.462. The molecule has 1 saturated heterocycles. The monoisotopic (exact) mass is 270 g/mol. The van der Waals surface area contributed by atoms with Crippen LogP contribution in [0.3, 0.4) is 0 Å². The number of anilines is 1. The van der Waals surface area contributed by atoms with Crippen molar-refractivity contribution in [3.05, 3.63) is 29.8 Å². The first kappa shape index (κ1) is 14.8. The van der Waals surface area contributed by atoms with Gasteiger partial charge in [0.2, 0.25) is 0 Å². The van der Waals surface area contributed by atoms with Gasteiger partial charge < -0.3 is 15.4 Å². The van der Waals surface area contributed by atoms with Crippen molar-refractivity contribution in [2.45, 2.75) is 6.42 Å². The van der Waals surface area contributed by atoms with Crippen LogP contribution in [0.5, 0.6) is 0 Å². The number of nitrogens with two attached hydrogens (primary N) is 1. The van der Waals surface area contributed by atoms with E-state index < -0.39 is 0 Å². The summed E-state index contributed by atoms with van der Waals surface area (Å²) in [6.45, 7) is 2.33. The van der Waals surface area contributed by atoms with Crippen molar-refractivity contribution in [2.75, 3.05) is 32.5 Å². The summed E-state index contributed by atoms with van der Waals surface area (Å²) in [4.78, 5) is 14.0. The zero-order valence-electron chi connectivity index (χ0n) is 10.5. The summed E-state index contributed by atoms with van der Waals surface area (Å²) in [7, 11) is 1.70. The van der Waals surface area contributed by atoms with Crippen LogP contribution in [0.25, 0.3) is 0 Å². The summed E-state index contributed by atoms with van der Waals surface area (Å²) in [6.07, 6.45) is 1.02. The maximum atomic E-state index is 12.2. The number of halogens is 1. The molecule has 1 fully saturated rings. The summed E-state index contributed by atoms with van der Waals surface area (Å²) in [6, 6.07) is 7.08. The first-order valence-corrected chi connectivity index (χ1v) is 5.84. The van der Waals surface area contributed by atoms with Crippen LogP contribution in [0, 0.1) is 5.92 Å². The minimum atomic E-state index is 0. The molecule has 0 aliphatic carbocycles. The topological polar surface area (TPSA) is 55.6 Å². The van der Waals surface area contributed by atoms with Crippen LogP contribution in [-0.4, -0.2) is 37.6 Å². The SMILES string of the molecule is COCC1CCN(C(=O)c2ccc(N)cc2)C1.Cl. The number of likely N-dealkylation sites (tertiary alicyclic amines) is 1. The molecule has 0 spiro atoms. The molecule has 1 atom stereocenters. The number of amides is 1. The van der Waals surface area contributed by atoms with E-state index in [1.165, 1.54) is 0 Å². The normalized spacial score (nSPS) is 18.5. The van der Waals surface area contributed by atoms with E-state index in [0.29, 0.717) is 17.2 Å². The second-order valence-electron chi connectivity index (χ2n) is 4.48. The molecule has 0 aromatic heterocycles. The van der Waals surface area contributed by atoms with Crippen LogP contribution in [0.4, 0.5) is 5.69 Å². The van der Waals surface area contributed by atoms with Crippen LogP contribution in [-0.2, 0) is 4.74 Å². The van der Waals surface area contributed by atoms with Gasteiger partial charge in [-0.2, -0.15) is 0 Å². The predicted molar refractivity (Wildman–Crippen MR) is 74.0 cm³/mol. The number of carbonyl (C=O) groups excluding carboxylic acids is 1. The van der Waals surface area contributed by atoms with Gasteiger partial charge in [-0.05, 0) is 30.7 Å². The minimum absolute atomic E-state index is 0. The number of rotatable bonds is 3. The average molecular weight is 271 g/mol. The van der Waals surface area contributed by atoms with Gasteiger partial charge in [0.15, 0.2) is 0 Å². The second kappa shape index (κ2) is 6.61. The molecule has 1 aromatic rings. The number of ether oxygens (including phenoxy) is 1. The molecule has 5 heteroatoms. The van der Waals surface area contributed by atoms with Crippen LogP contribution >= 0.6 is 12.4 Å².